The van der Waals surface area contributed by atoms with Gasteiger partial charge in [-0.15, -0.1) is 11.8 Å². The van der Waals surface area contributed by atoms with Crippen LogP contribution in [0.1, 0.15) is 26.2 Å². The summed E-state index contributed by atoms with van der Waals surface area (Å²) in [6.45, 7) is 2.89. The predicted molar refractivity (Wildman–Crippen MR) is 39.2 cm³/mol. The topological polar surface area (TPSA) is 9.23 Å². The van der Waals surface area contributed by atoms with Gasteiger partial charge in [0.15, 0.2) is 0 Å². The summed E-state index contributed by atoms with van der Waals surface area (Å²) in [7, 11) is 1.70. The number of ether oxygens (including phenoxy) is 1. The van der Waals surface area contributed by atoms with Gasteiger partial charge in [-0.1, -0.05) is 6.92 Å². The summed E-state index contributed by atoms with van der Waals surface area (Å²) in [5, 5.41) is 0. The Balaban J connectivity index is 2.96. The Morgan fingerprint density at radius 1 is 1.22 bits per heavy atom. The van der Waals surface area contributed by atoms with Crippen LogP contribution in [0.5, 0.6) is 0 Å². The average molecular weight is 126 g/mol. The molecule has 0 unspecified atom stereocenters. The molecule has 0 aromatic carbocycles. The van der Waals surface area contributed by atoms with Crippen LogP contribution in [0.2, 0.25) is 0 Å². The molecule has 1 nitrogen and oxygen atoms in total. The van der Waals surface area contributed by atoms with E-state index in [0.717, 1.165) is 25.9 Å². The minimum atomic E-state index is 0.761. The molecule has 0 aliphatic heterocycles. The second kappa shape index (κ2) is 7.52. The third-order valence-corrected chi connectivity index (χ3v) is 0.931. The van der Waals surface area contributed by atoms with Crippen molar-refractivity contribution in [2.45, 2.75) is 26.2 Å². The van der Waals surface area contributed by atoms with Crippen LogP contribution in [-0.2, 0) is 4.74 Å². The van der Waals surface area contributed by atoms with Crippen molar-refractivity contribution in [2.75, 3.05) is 13.7 Å². The van der Waals surface area contributed by atoms with Crippen molar-refractivity contribution in [1.29, 1.82) is 0 Å². The summed E-state index contributed by atoms with van der Waals surface area (Å²) in [6, 6.07) is 0. The fourth-order valence-corrected chi connectivity index (χ4v) is 0.455. The molecule has 9 heavy (non-hydrogen) atoms. The number of hydrogen-bond donors (Lipinski definition) is 0. The standard InChI is InChI=1S/C8H14O/c1-3-4-5-6-7-8-9-2/h3-4,7-8H2,1-2H3. The van der Waals surface area contributed by atoms with Crippen molar-refractivity contribution in [3.8, 4) is 11.8 Å². The highest BCUT2D eigenvalue weighted by molar-refractivity contribution is 4.98. The highest BCUT2D eigenvalue weighted by atomic mass is 16.5. The van der Waals surface area contributed by atoms with Crippen molar-refractivity contribution in [1.82, 2.24) is 0 Å². The van der Waals surface area contributed by atoms with Gasteiger partial charge < -0.3 is 4.74 Å². The zero-order valence-electron chi connectivity index (χ0n) is 6.24. The SMILES string of the molecule is CCCC#CCCOC. The number of unbranched alkanes of at least 4 members (excludes halogenated alkanes) is 1. The Labute approximate surface area is 57.4 Å². The van der Waals surface area contributed by atoms with E-state index >= 15 is 0 Å². The maximum Gasteiger partial charge on any atom is 0.0571 e. The van der Waals surface area contributed by atoms with E-state index in [1.807, 2.05) is 0 Å². The van der Waals surface area contributed by atoms with Gasteiger partial charge in [-0.25, -0.2) is 0 Å². The lowest BCUT2D eigenvalue weighted by Gasteiger charge is -1.86. The summed E-state index contributed by atoms with van der Waals surface area (Å²) in [5.74, 6) is 6.05. The molecule has 0 aromatic rings. The quantitative estimate of drug-likeness (QED) is 0.414. The molecule has 0 saturated heterocycles. The van der Waals surface area contributed by atoms with Crippen LogP contribution in [0, 0.1) is 11.8 Å². The van der Waals surface area contributed by atoms with E-state index in [2.05, 4.69) is 18.8 Å². The first kappa shape index (κ1) is 8.52. The molecule has 52 valence electrons. The van der Waals surface area contributed by atoms with Gasteiger partial charge >= 0.3 is 0 Å². The minimum Gasteiger partial charge on any atom is -0.384 e. The molecular formula is C8H14O. The van der Waals surface area contributed by atoms with E-state index in [0.29, 0.717) is 0 Å². The molecular weight excluding hydrogens is 112 g/mol. The molecule has 0 spiro atoms. The van der Waals surface area contributed by atoms with Crippen LogP contribution >= 0.6 is 0 Å². The third kappa shape index (κ3) is 7.52. The summed E-state index contributed by atoms with van der Waals surface area (Å²) >= 11 is 0. The maximum atomic E-state index is 4.82. The maximum absolute atomic E-state index is 4.82. The van der Waals surface area contributed by atoms with Crippen LogP contribution in [0.3, 0.4) is 0 Å². The lowest BCUT2D eigenvalue weighted by Crippen LogP contribution is -1.83. The molecule has 0 aliphatic rings. The zero-order chi connectivity index (χ0) is 6.95. The Bertz CT molecular complexity index is 96.9. The van der Waals surface area contributed by atoms with Gasteiger partial charge in [-0.3, -0.25) is 0 Å². The Morgan fingerprint density at radius 2 is 1.89 bits per heavy atom. The third-order valence-electron chi connectivity index (χ3n) is 0.931. The molecule has 0 aromatic heterocycles. The summed E-state index contributed by atoms with van der Waals surface area (Å²) in [4.78, 5) is 0. The summed E-state index contributed by atoms with van der Waals surface area (Å²) in [6.07, 6.45) is 3.04. The van der Waals surface area contributed by atoms with Crippen molar-refractivity contribution in [3.63, 3.8) is 0 Å². The van der Waals surface area contributed by atoms with E-state index in [9.17, 15) is 0 Å². The normalized spacial score (nSPS) is 8.22. The first-order chi connectivity index (χ1) is 4.41. The zero-order valence-corrected chi connectivity index (χ0v) is 6.24. The van der Waals surface area contributed by atoms with E-state index in [4.69, 9.17) is 4.74 Å². The Kier molecular flexibility index (Phi) is 7.12. The van der Waals surface area contributed by atoms with Crippen LogP contribution < -0.4 is 0 Å². The van der Waals surface area contributed by atoms with Crippen molar-refractivity contribution >= 4 is 0 Å². The van der Waals surface area contributed by atoms with Crippen LogP contribution in [0.25, 0.3) is 0 Å². The molecule has 0 heterocycles. The molecule has 0 rings (SSSR count). The molecule has 0 N–H and O–H groups in total. The van der Waals surface area contributed by atoms with Gasteiger partial charge in [0.1, 0.15) is 0 Å². The molecule has 0 amide bonds. The number of rotatable bonds is 3. The average Bonchev–Trinajstić information content (AvgIpc) is 1.89. The fourth-order valence-electron chi connectivity index (χ4n) is 0.455. The minimum absolute atomic E-state index is 0.761. The van der Waals surface area contributed by atoms with Gasteiger partial charge in [0.25, 0.3) is 0 Å². The molecule has 0 aliphatic carbocycles. The first-order valence-electron chi connectivity index (χ1n) is 3.36. The van der Waals surface area contributed by atoms with Gasteiger partial charge in [0, 0.05) is 20.0 Å². The number of hydrogen-bond acceptors (Lipinski definition) is 1. The lowest BCUT2D eigenvalue weighted by atomic mass is 10.3. The second-order valence-electron chi connectivity index (χ2n) is 1.85. The highest BCUT2D eigenvalue weighted by Crippen LogP contribution is 1.82. The largest absolute Gasteiger partial charge is 0.384 e. The second-order valence-corrected chi connectivity index (χ2v) is 1.85. The van der Waals surface area contributed by atoms with Gasteiger partial charge in [-0.05, 0) is 6.42 Å². The van der Waals surface area contributed by atoms with Crippen LogP contribution in [0.15, 0.2) is 0 Å². The van der Waals surface area contributed by atoms with E-state index in [1.165, 1.54) is 0 Å². The van der Waals surface area contributed by atoms with E-state index in [-0.39, 0.29) is 0 Å². The predicted octanol–water partition coefficient (Wildman–Crippen LogP) is 1.83. The Hall–Kier alpha value is -0.480. The van der Waals surface area contributed by atoms with E-state index < -0.39 is 0 Å². The molecule has 1 heteroatoms. The van der Waals surface area contributed by atoms with Gasteiger partial charge in [-0.2, -0.15) is 0 Å². The van der Waals surface area contributed by atoms with E-state index in [1.54, 1.807) is 7.11 Å². The summed E-state index contributed by atoms with van der Waals surface area (Å²) in [5.41, 5.74) is 0. The summed E-state index contributed by atoms with van der Waals surface area (Å²) < 4.78 is 4.82. The molecule has 0 fully saturated rings. The fraction of sp³-hybridized carbons (Fsp3) is 0.750. The van der Waals surface area contributed by atoms with Crippen molar-refractivity contribution in [2.24, 2.45) is 0 Å². The molecule has 0 saturated carbocycles. The van der Waals surface area contributed by atoms with Gasteiger partial charge in [0.2, 0.25) is 0 Å². The van der Waals surface area contributed by atoms with Crippen molar-refractivity contribution in [3.05, 3.63) is 0 Å². The molecule has 0 bridgehead atoms. The molecule has 0 radical (unpaired) electrons. The van der Waals surface area contributed by atoms with Crippen LogP contribution in [0.4, 0.5) is 0 Å². The Morgan fingerprint density at radius 3 is 2.44 bits per heavy atom. The first-order valence-corrected chi connectivity index (χ1v) is 3.36. The smallest absolute Gasteiger partial charge is 0.0571 e. The van der Waals surface area contributed by atoms with Crippen molar-refractivity contribution < 1.29 is 4.74 Å². The number of methoxy groups -OCH3 is 1. The molecule has 0 atom stereocenters. The van der Waals surface area contributed by atoms with Gasteiger partial charge in [0.05, 0.1) is 6.61 Å². The van der Waals surface area contributed by atoms with Crippen LogP contribution in [-0.4, -0.2) is 13.7 Å². The highest BCUT2D eigenvalue weighted by Gasteiger charge is 1.74. The lowest BCUT2D eigenvalue weighted by molar-refractivity contribution is 0.206. The monoisotopic (exact) mass is 126 g/mol.